The molecule has 4 heteroatoms. The first-order valence-electron chi connectivity index (χ1n) is 7.60. The molecule has 1 fully saturated rings. The molecule has 21 heavy (non-hydrogen) atoms. The van der Waals surface area contributed by atoms with Gasteiger partial charge < -0.3 is 14.6 Å². The summed E-state index contributed by atoms with van der Waals surface area (Å²) in [5, 5.41) is 11.1. The molecule has 1 N–H and O–H groups in total. The molecule has 1 atom stereocenters. The third-order valence-corrected chi connectivity index (χ3v) is 5.35. The van der Waals surface area contributed by atoms with E-state index in [-0.39, 0.29) is 5.41 Å². The van der Waals surface area contributed by atoms with Crippen LogP contribution in [0.15, 0.2) is 18.2 Å². The molecule has 1 aromatic rings. The first kappa shape index (κ1) is 16.5. The molecule has 1 unspecified atom stereocenters. The highest BCUT2D eigenvalue weighted by atomic mass is 32.2. The summed E-state index contributed by atoms with van der Waals surface area (Å²) >= 11 is 1.82. The largest absolute Gasteiger partial charge is 0.490 e. The zero-order chi connectivity index (χ0) is 15.5. The predicted molar refractivity (Wildman–Crippen MR) is 88.4 cm³/mol. The lowest BCUT2D eigenvalue weighted by Crippen LogP contribution is -2.40. The van der Waals surface area contributed by atoms with E-state index in [2.05, 4.69) is 13.8 Å². The van der Waals surface area contributed by atoms with Crippen LogP contribution in [-0.2, 0) is 5.60 Å². The van der Waals surface area contributed by atoms with Crippen LogP contribution in [0.4, 0.5) is 0 Å². The molecule has 2 rings (SSSR count). The lowest BCUT2D eigenvalue weighted by atomic mass is 9.78. The third-order valence-electron chi connectivity index (χ3n) is 3.69. The summed E-state index contributed by atoms with van der Waals surface area (Å²) < 4.78 is 11.3. The summed E-state index contributed by atoms with van der Waals surface area (Å²) in [6, 6.07) is 5.82. The fourth-order valence-electron chi connectivity index (χ4n) is 2.92. The second-order valence-electron chi connectivity index (χ2n) is 6.39. The van der Waals surface area contributed by atoms with E-state index in [0.717, 1.165) is 35.0 Å². The maximum Gasteiger partial charge on any atom is 0.161 e. The van der Waals surface area contributed by atoms with Crippen molar-refractivity contribution >= 4 is 11.8 Å². The van der Waals surface area contributed by atoms with Crippen molar-refractivity contribution in [2.75, 3.05) is 24.7 Å². The predicted octanol–water partition coefficient (Wildman–Crippen LogP) is 3.83. The highest BCUT2D eigenvalue weighted by molar-refractivity contribution is 7.99. The SMILES string of the molecule is CCOc1ccc(C2(O)CSCC(C)(C)C2)cc1OCC. The van der Waals surface area contributed by atoms with Crippen LogP contribution in [0, 0.1) is 5.41 Å². The van der Waals surface area contributed by atoms with Crippen LogP contribution in [0.3, 0.4) is 0 Å². The van der Waals surface area contributed by atoms with E-state index in [1.54, 1.807) is 0 Å². The second-order valence-corrected chi connectivity index (χ2v) is 7.38. The van der Waals surface area contributed by atoms with Crippen molar-refractivity contribution in [3.05, 3.63) is 23.8 Å². The summed E-state index contributed by atoms with van der Waals surface area (Å²) in [6.07, 6.45) is 0.770. The van der Waals surface area contributed by atoms with Crippen molar-refractivity contribution in [3.8, 4) is 11.5 Å². The van der Waals surface area contributed by atoms with E-state index in [1.807, 2.05) is 43.8 Å². The highest BCUT2D eigenvalue weighted by Crippen LogP contribution is 2.45. The standard InChI is InChI=1S/C17H26O3S/c1-5-19-14-8-7-13(9-15(14)20-6-2)17(18)10-16(3,4)11-21-12-17/h7-9,18H,5-6,10-12H2,1-4H3. The fraction of sp³-hybridized carbons (Fsp3) is 0.647. The van der Waals surface area contributed by atoms with Gasteiger partial charge in [-0.3, -0.25) is 0 Å². The van der Waals surface area contributed by atoms with Gasteiger partial charge in [0.1, 0.15) is 0 Å². The van der Waals surface area contributed by atoms with Gasteiger partial charge in [-0.05, 0) is 49.1 Å². The van der Waals surface area contributed by atoms with Crippen LogP contribution in [-0.4, -0.2) is 29.8 Å². The smallest absolute Gasteiger partial charge is 0.161 e. The lowest BCUT2D eigenvalue weighted by Gasteiger charge is -2.41. The molecule has 0 aromatic heterocycles. The molecule has 1 aromatic carbocycles. The van der Waals surface area contributed by atoms with Gasteiger partial charge in [-0.15, -0.1) is 0 Å². The van der Waals surface area contributed by atoms with Gasteiger partial charge in [0, 0.05) is 5.75 Å². The van der Waals surface area contributed by atoms with Crippen molar-refractivity contribution in [3.63, 3.8) is 0 Å². The molecule has 0 saturated carbocycles. The van der Waals surface area contributed by atoms with Gasteiger partial charge in [-0.2, -0.15) is 11.8 Å². The minimum atomic E-state index is -0.789. The minimum Gasteiger partial charge on any atom is -0.490 e. The molecule has 0 radical (unpaired) electrons. The minimum absolute atomic E-state index is 0.141. The maximum absolute atomic E-state index is 11.1. The monoisotopic (exact) mass is 310 g/mol. The molecule has 118 valence electrons. The molecule has 0 spiro atoms. The Morgan fingerprint density at radius 1 is 1.10 bits per heavy atom. The molecule has 0 bridgehead atoms. The van der Waals surface area contributed by atoms with Crippen molar-refractivity contribution in [2.24, 2.45) is 5.41 Å². The quantitative estimate of drug-likeness (QED) is 0.897. The molecule has 1 saturated heterocycles. The second kappa shape index (κ2) is 6.49. The summed E-state index contributed by atoms with van der Waals surface area (Å²) in [7, 11) is 0. The zero-order valence-corrected chi connectivity index (χ0v) is 14.3. The molecule has 1 aliphatic rings. The Morgan fingerprint density at radius 2 is 1.76 bits per heavy atom. The van der Waals surface area contributed by atoms with Crippen LogP contribution < -0.4 is 9.47 Å². The van der Waals surface area contributed by atoms with E-state index < -0.39 is 5.60 Å². The Kier molecular flexibility index (Phi) is 5.10. The van der Waals surface area contributed by atoms with E-state index in [1.165, 1.54) is 0 Å². The number of thioether (sulfide) groups is 1. The zero-order valence-electron chi connectivity index (χ0n) is 13.4. The van der Waals surface area contributed by atoms with E-state index in [0.29, 0.717) is 13.2 Å². The number of benzene rings is 1. The summed E-state index contributed by atoms with van der Waals surface area (Å²) in [5.41, 5.74) is 0.278. The molecular formula is C17H26O3S. The molecule has 1 heterocycles. The number of ether oxygens (including phenoxy) is 2. The normalized spacial score (nSPS) is 24.6. The Hall–Kier alpha value is -0.870. The van der Waals surface area contributed by atoms with Crippen LogP contribution in [0.1, 0.15) is 39.7 Å². The van der Waals surface area contributed by atoms with Gasteiger partial charge in [0.15, 0.2) is 11.5 Å². The fourth-order valence-corrected chi connectivity index (χ4v) is 4.28. The van der Waals surface area contributed by atoms with E-state index in [4.69, 9.17) is 9.47 Å². The van der Waals surface area contributed by atoms with Crippen LogP contribution in [0.5, 0.6) is 11.5 Å². The van der Waals surface area contributed by atoms with Crippen molar-refractivity contribution in [1.82, 2.24) is 0 Å². The Morgan fingerprint density at radius 3 is 2.38 bits per heavy atom. The first-order valence-corrected chi connectivity index (χ1v) is 8.76. The maximum atomic E-state index is 11.1. The molecule has 3 nitrogen and oxygen atoms in total. The third kappa shape index (κ3) is 3.86. The average molecular weight is 310 g/mol. The van der Waals surface area contributed by atoms with Gasteiger partial charge in [0.05, 0.1) is 18.8 Å². The van der Waals surface area contributed by atoms with Crippen LogP contribution in [0.2, 0.25) is 0 Å². The Balaban J connectivity index is 2.32. The highest BCUT2D eigenvalue weighted by Gasteiger charge is 2.40. The summed E-state index contributed by atoms with van der Waals surface area (Å²) in [4.78, 5) is 0. The van der Waals surface area contributed by atoms with Crippen LogP contribution in [0.25, 0.3) is 0 Å². The number of rotatable bonds is 5. The van der Waals surface area contributed by atoms with Crippen molar-refractivity contribution in [1.29, 1.82) is 0 Å². The molecule has 1 aliphatic heterocycles. The molecular weight excluding hydrogens is 284 g/mol. The number of hydrogen-bond donors (Lipinski definition) is 1. The summed E-state index contributed by atoms with van der Waals surface area (Å²) in [6.45, 7) is 9.52. The Bertz CT molecular complexity index is 487. The van der Waals surface area contributed by atoms with Gasteiger partial charge in [-0.25, -0.2) is 0 Å². The average Bonchev–Trinajstić information content (AvgIpc) is 2.39. The van der Waals surface area contributed by atoms with Crippen molar-refractivity contribution < 1.29 is 14.6 Å². The van der Waals surface area contributed by atoms with E-state index >= 15 is 0 Å². The number of hydrogen-bond acceptors (Lipinski definition) is 4. The van der Waals surface area contributed by atoms with Crippen LogP contribution >= 0.6 is 11.8 Å². The van der Waals surface area contributed by atoms with Gasteiger partial charge in [0.25, 0.3) is 0 Å². The summed E-state index contributed by atoms with van der Waals surface area (Å²) in [5.74, 6) is 3.29. The molecule has 0 aliphatic carbocycles. The number of aliphatic hydroxyl groups is 1. The Labute approximate surface area is 132 Å². The first-order chi connectivity index (χ1) is 9.90. The van der Waals surface area contributed by atoms with Crippen molar-refractivity contribution in [2.45, 2.75) is 39.7 Å². The van der Waals surface area contributed by atoms with Gasteiger partial charge in [0.2, 0.25) is 0 Å². The topological polar surface area (TPSA) is 38.7 Å². The molecule has 0 amide bonds. The van der Waals surface area contributed by atoms with Gasteiger partial charge in [-0.1, -0.05) is 19.9 Å². The van der Waals surface area contributed by atoms with Gasteiger partial charge >= 0.3 is 0 Å². The lowest BCUT2D eigenvalue weighted by molar-refractivity contribution is 0.0154. The van der Waals surface area contributed by atoms with E-state index in [9.17, 15) is 5.11 Å².